The molecule has 1 aliphatic carbocycles. The molecule has 4 aromatic rings. The molecule has 1 aliphatic rings. The number of hydrogen-bond acceptors (Lipinski definition) is 9. The average Bonchev–Trinajstić information content (AvgIpc) is 3.04. The van der Waals surface area contributed by atoms with E-state index in [9.17, 15) is 23.3 Å². The summed E-state index contributed by atoms with van der Waals surface area (Å²) >= 11 is 0. The number of hydrogen-bond donors (Lipinski definition) is 2. The molecule has 0 unspecified atom stereocenters. The summed E-state index contributed by atoms with van der Waals surface area (Å²) in [4.78, 5) is 35.3. The van der Waals surface area contributed by atoms with Crippen molar-refractivity contribution < 1.29 is 18.1 Å². The molecule has 3 aromatic carbocycles. The third-order valence-corrected chi connectivity index (χ3v) is 10.1. The number of para-hydroxylation sites is 1. The highest BCUT2D eigenvalue weighted by Gasteiger charge is 2.29. The number of anilines is 2. The molecule has 1 fully saturated rings. The third-order valence-electron chi connectivity index (χ3n) is 8.27. The molecule has 1 atom stereocenters. The van der Waals surface area contributed by atoms with Crippen molar-refractivity contribution in [3.05, 3.63) is 94.5 Å². The highest BCUT2D eigenvalue weighted by Crippen LogP contribution is 2.28. The van der Waals surface area contributed by atoms with Gasteiger partial charge in [-0.1, -0.05) is 42.5 Å². The number of sulfone groups is 1. The van der Waals surface area contributed by atoms with Gasteiger partial charge in [-0.05, 0) is 67.9 Å². The van der Waals surface area contributed by atoms with E-state index in [1.165, 1.54) is 12.1 Å². The van der Waals surface area contributed by atoms with Crippen LogP contribution < -0.4 is 15.5 Å². The number of amides is 1. The Hall–Kier alpha value is -4.58. The van der Waals surface area contributed by atoms with E-state index in [0.717, 1.165) is 60.1 Å². The second-order valence-electron chi connectivity index (χ2n) is 11.8. The van der Waals surface area contributed by atoms with Crippen LogP contribution in [0.4, 0.5) is 17.5 Å². The van der Waals surface area contributed by atoms with E-state index in [4.69, 9.17) is 9.97 Å². The summed E-state index contributed by atoms with van der Waals surface area (Å²) in [5.74, 6) is 0.202. The maximum absolute atomic E-state index is 13.4. The number of nitrogens with one attached hydrogen (secondary N) is 2. The SMILES string of the molecule is CN(C)c1nc(NC2CCC(CNC(=O)[C@H](Cc3ccccc3)CS(=O)(=O)c3ccc([N+](=O)[O-])cc3)CC2)nc2ccccc12. The van der Waals surface area contributed by atoms with Crippen LogP contribution in [0.5, 0.6) is 0 Å². The number of carbonyl (C=O) groups is 1. The second-order valence-corrected chi connectivity index (χ2v) is 13.8. The largest absolute Gasteiger partial charge is 0.362 e. The van der Waals surface area contributed by atoms with Crippen molar-refractivity contribution in [3.8, 4) is 0 Å². The first-order chi connectivity index (χ1) is 21.6. The topological polar surface area (TPSA) is 147 Å². The maximum atomic E-state index is 13.4. The van der Waals surface area contributed by atoms with Gasteiger partial charge >= 0.3 is 0 Å². The fourth-order valence-corrected chi connectivity index (χ4v) is 7.35. The molecule has 45 heavy (non-hydrogen) atoms. The molecule has 1 saturated carbocycles. The molecule has 2 N–H and O–H groups in total. The first-order valence-corrected chi connectivity index (χ1v) is 16.7. The Bertz CT molecular complexity index is 1740. The Morgan fingerprint density at radius 3 is 2.29 bits per heavy atom. The van der Waals surface area contributed by atoms with Crippen LogP contribution in [0.1, 0.15) is 31.2 Å². The number of benzene rings is 3. The summed E-state index contributed by atoms with van der Waals surface area (Å²) in [5.41, 5.74) is 1.55. The number of aromatic nitrogens is 2. The molecule has 1 heterocycles. The summed E-state index contributed by atoms with van der Waals surface area (Å²) < 4.78 is 26.5. The van der Waals surface area contributed by atoms with Crippen molar-refractivity contribution in [1.82, 2.24) is 15.3 Å². The molecule has 0 bridgehead atoms. The molecule has 5 rings (SSSR count). The van der Waals surface area contributed by atoms with Crippen LogP contribution in [-0.2, 0) is 21.1 Å². The van der Waals surface area contributed by atoms with E-state index in [1.807, 2.05) is 73.6 Å². The van der Waals surface area contributed by atoms with Crippen LogP contribution in [0.3, 0.4) is 0 Å². The fraction of sp³-hybridized carbons (Fsp3) is 0.364. The van der Waals surface area contributed by atoms with Crippen LogP contribution in [0.2, 0.25) is 0 Å². The smallest absolute Gasteiger partial charge is 0.269 e. The van der Waals surface area contributed by atoms with Gasteiger partial charge in [0.2, 0.25) is 11.9 Å². The van der Waals surface area contributed by atoms with E-state index >= 15 is 0 Å². The van der Waals surface area contributed by atoms with Crippen LogP contribution in [-0.4, -0.2) is 61.7 Å². The molecule has 0 saturated heterocycles. The molecule has 0 spiro atoms. The minimum Gasteiger partial charge on any atom is -0.362 e. The predicted octanol–water partition coefficient (Wildman–Crippen LogP) is 5.02. The number of nitro benzene ring substituents is 1. The first-order valence-electron chi connectivity index (χ1n) is 15.1. The highest BCUT2D eigenvalue weighted by molar-refractivity contribution is 7.91. The lowest BCUT2D eigenvalue weighted by Crippen LogP contribution is -2.40. The molecule has 1 amide bonds. The minimum absolute atomic E-state index is 0.0436. The van der Waals surface area contributed by atoms with Crippen molar-refractivity contribution in [1.29, 1.82) is 0 Å². The van der Waals surface area contributed by atoms with E-state index in [0.29, 0.717) is 12.5 Å². The van der Waals surface area contributed by atoms with Crippen LogP contribution in [0.15, 0.2) is 83.8 Å². The fourth-order valence-electron chi connectivity index (χ4n) is 5.81. The summed E-state index contributed by atoms with van der Waals surface area (Å²) in [7, 11) is 0.0554. The van der Waals surface area contributed by atoms with E-state index in [-0.39, 0.29) is 34.9 Å². The summed E-state index contributed by atoms with van der Waals surface area (Å²) in [6, 6.07) is 22.2. The van der Waals surface area contributed by atoms with Gasteiger partial charge in [-0.3, -0.25) is 14.9 Å². The zero-order chi connectivity index (χ0) is 32.0. The summed E-state index contributed by atoms with van der Waals surface area (Å²) in [6.45, 7) is 0.464. The molecule has 0 aliphatic heterocycles. The molecule has 0 radical (unpaired) electrons. The van der Waals surface area contributed by atoms with Crippen LogP contribution >= 0.6 is 0 Å². The number of nitrogens with zero attached hydrogens (tertiary/aromatic N) is 4. The predicted molar refractivity (Wildman–Crippen MR) is 175 cm³/mol. The zero-order valence-electron chi connectivity index (χ0n) is 25.4. The normalized spacial score (nSPS) is 17.4. The van der Waals surface area contributed by atoms with Gasteiger partial charge in [0, 0.05) is 44.2 Å². The van der Waals surface area contributed by atoms with Gasteiger partial charge in [-0.25, -0.2) is 13.4 Å². The van der Waals surface area contributed by atoms with Gasteiger partial charge in [-0.2, -0.15) is 4.98 Å². The van der Waals surface area contributed by atoms with Gasteiger partial charge in [-0.15, -0.1) is 0 Å². The quantitative estimate of drug-likeness (QED) is 0.163. The monoisotopic (exact) mass is 630 g/mol. The van der Waals surface area contributed by atoms with Crippen molar-refractivity contribution in [3.63, 3.8) is 0 Å². The average molecular weight is 631 g/mol. The van der Waals surface area contributed by atoms with Crippen molar-refractivity contribution in [2.45, 2.75) is 43.0 Å². The van der Waals surface area contributed by atoms with Gasteiger partial charge < -0.3 is 15.5 Å². The van der Waals surface area contributed by atoms with E-state index < -0.39 is 26.4 Å². The Morgan fingerprint density at radius 2 is 1.62 bits per heavy atom. The Balaban J connectivity index is 1.19. The second kappa shape index (κ2) is 14.0. The lowest BCUT2D eigenvalue weighted by atomic mass is 9.86. The first kappa shape index (κ1) is 31.8. The third kappa shape index (κ3) is 8.13. The summed E-state index contributed by atoms with van der Waals surface area (Å²) in [6.07, 6.45) is 3.86. The van der Waals surface area contributed by atoms with E-state index in [2.05, 4.69) is 10.6 Å². The Labute approximate surface area is 263 Å². The van der Waals surface area contributed by atoms with Crippen LogP contribution in [0.25, 0.3) is 10.9 Å². The number of nitro groups is 1. The van der Waals surface area contributed by atoms with Gasteiger partial charge in [0.05, 0.1) is 27.0 Å². The zero-order valence-corrected chi connectivity index (χ0v) is 26.2. The maximum Gasteiger partial charge on any atom is 0.269 e. The number of fused-ring (bicyclic) bond motifs is 1. The molecule has 1 aromatic heterocycles. The van der Waals surface area contributed by atoms with Crippen LogP contribution in [0, 0.1) is 22.0 Å². The number of rotatable bonds is 12. The Morgan fingerprint density at radius 1 is 0.956 bits per heavy atom. The number of carbonyl (C=O) groups excluding carboxylic acids is 1. The molecule has 12 heteroatoms. The molecule has 11 nitrogen and oxygen atoms in total. The molecule has 236 valence electrons. The van der Waals surface area contributed by atoms with Gasteiger partial charge in [0.15, 0.2) is 9.84 Å². The lowest BCUT2D eigenvalue weighted by Gasteiger charge is -2.30. The molecular weight excluding hydrogens is 592 g/mol. The molecular formula is C33H38N6O5S. The lowest BCUT2D eigenvalue weighted by molar-refractivity contribution is -0.384. The van der Waals surface area contributed by atoms with E-state index in [1.54, 1.807) is 0 Å². The Kier molecular flexibility index (Phi) is 9.92. The highest BCUT2D eigenvalue weighted by atomic mass is 32.2. The summed E-state index contributed by atoms with van der Waals surface area (Å²) in [5, 5.41) is 18.5. The van der Waals surface area contributed by atoms with Crippen molar-refractivity contribution in [2.24, 2.45) is 11.8 Å². The van der Waals surface area contributed by atoms with Crippen molar-refractivity contribution >= 4 is 44.1 Å². The standard InChI is InChI=1S/C33H38N6O5S/c1-38(2)31-29-10-6-7-11-30(29)36-33(37-31)35-26-14-12-24(13-15-26)21-34-32(40)25(20-23-8-4-3-5-9-23)22-45(43,44)28-18-16-27(17-19-28)39(41)42/h3-11,16-19,24-26H,12-15,20-22H2,1-2H3,(H,34,40)(H,35,36,37)/t24?,25-,26?/m1/s1. The van der Waals surface area contributed by atoms with Gasteiger partial charge in [0.25, 0.3) is 5.69 Å². The van der Waals surface area contributed by atoms with Gasteiger partial charge in [0.1, 0.15) is 5.82 Å². The van der Waals surface area contributed by atoms with Crippen molar-refractivity contribution in [2.75, 3.05) is 36.6 Å². The number of non-ortho nitro benzene ring substituents is 1. The minimum atomic E-state index is -3.88.